The van der Waals surface area contributed by atoms with Crippen LogP contribution in [0.15, 0.2) is 63.8 Å². The van der Waals surface area contributed by atoms with Gasteiger partial charge in [0.05, 0.1) is 16.3 Å². The molecule has 0 bridgehead atoms. The molecule has 1 amide bonds. The van der Waals surface area contributed by atoms with Crippen LogP contribution in [0.1, 0.15) is 46.7 Å². The molecule has 1 unspecified atom stereocenters. The van der Waals surface area contributed by atoms with Gasteiger partial charge in [-0.25, -0.2) is 8.42 Å². The van der Waals surface area contributed by atoms with Crippen LogP contribution in [-0.4, -0.2) is 54.8 Å². The predicted octanol–water partition coefficient (Wildman–Crippen LogP) is 5.14. The minimum atomic E-state index is -3.61. The lowest BCUT2D eigenvalue weighted by Crippen LogP contribution is -2.38. The minimum Gasteiger partial charge on any atom is -0.381 e. The Morgan fingerprint density at radius 2 is 1.87 bits per heavy atom. The van der Waals surface area contributed by atoms with E-state index >= 15 is 0 Å². The molecule has 4 aromatic rings. The Bertz CT molecular complexity index is 1670. The number of hydrogen-bond donors (Lipinski definition) is 1. The number of rotatable bonds is 7. The third kappa shape index (κ3) is 5.85. The van der Waals surface area contributed by atoms with Gasteiger partial charge in [0.15, 0.2) is 14.6 Å². The molecule has 11 heteroatoms. The number of benzene rings is 2. The second-order valence-corrected chi connectivity index (χ2v) is 14.2. The van der Waals surface area contributed by atoms with E-state index in [1.807, 2.05) is 29.1 Å². The van der Waals surface area contributed by atoms with Crippen molar-refractivity contribution in [3.05, 3.63) is 79.2 Å². The van der Waals surface area contributed by atoms with E-state index < -0.39 is 15.9 Å². The van der Waals surface area contributed by atoms with Gasteiger partial charge in [0.2, 0.25) is 5.91 Å². The number of likely N-dealkylation sites (tertiary alicyclic amines) is 1. The number of aromatic nitrogens is 1. The maximum atomic E-state index is 13.0. The number of halogens is 1. The number of nitrogens with zero attached hydrogens (tertiary/aromatic N) is 3. The molecule has 206 valence electrons. The maximum absolute atomic E-state index is 13.0. The zero-order chi connectivity index (χ0) is 27.7. The fraction of sp³-hybridized carbons (Fsp3) is 0.357. The Balaban J connectivity index is 1.24. The number of sulfone groups is 1. The summed E-state index contributed by atoms with van der Waals surface area (Å²) in [6.07, 6.45) is 0.716. The van der Waals surface area contributed by atoms with Gasteiger partial charge < -0.3 is 14.6 Å². The number of thiazole rings is 1. The van der Waals surface area contributed by atoms with Gasteiger partial charge in [-0.05, 0) is 65.2 Å². The molecular weight excluding hydrogens is 574 g/mol. The molecule has 1 fully saturated rings. The quantitative estimate of drug-likeness (QED) is 0.317. The molecule has 5 rings (SSSR count). The van der Waals surface area contributed by atoms with Crippen molar-refractivity contribution in [3.63, 3.8) is 0 Å². The van der Waals surface area contributed by atoms with Gasteiger partial charge in [0, 0.05) is 48.4 Å². The fourth-order valence-electron chi connectivity index (χ4n) is 5.15. The van der Waals surface area contributed by atoms with Crippen molar-refractivity contribution in [3.8, 4) is 0 Å². The molecule has 1 atom stereocenters. The number of aliphatic hydroxyl groups is 1. The zero-order valence-electron chi connectivity index (χ0n) is 21.7. The van der Waals surface area contributed by atoms with E-state index in [1.54, 1.807) is 59.7 Å². The summed E-state index contributed by atoms with van der Waals surface area (Å²) in [6, 6.07) is 14.1. The summed E-state index contributed by atoms with van der Waals surface area (Å²) in [7, 11) is 0.0688. The van der Waals surface area contributed by atoms with E-state index in [0.29, 0.717) is 18.1 Å². The molecule has 2 aromatic heterocycles. The van der Waals surface area contributed by atoms with Crippen LogP contribution in [0.2, 0.25) is 5.02 Å². The molecule has 1 aliphatic rings. The third-order valence-corrected chi connectivity index (χ3v) is 11.6. The second kappa shape index (κ2) is 11.5. The SMILES string of the molecule is CN=c1sc(C2CCN(C(=O)CCS(=O)(=O)c3ccc4cc(Cl)ccc4c3)CC2)c(C(O)c2cccs2)n1C. The van der Waals surface area contributed by atoms with Crippen LogP contribution in [0.5, 0.6) is 0 Å². The molecule has 1 aliphatic heterocycles. The van der Waals surface area contributed by atoms with Crippen molar-refractivity contribution >= 4 is 60.8 Å². The highest BCUT2D eigenvalue weighted by molar-refractivity contribution is 7.91. The van der Waals surface area contributed by atoms with Gasteiger partial charge in [0.1, 0.15) is 6.10 Å². The van der Waals surface area contributed by atoms with E-state index in [2.05, 4.69) is 4.99 Å². The highest BCUT2D eigenvalue weighted by Gasteiger charge is 2.31. The Morgan fingerprint density at radius 1 is 1.15 bits per heavy atom. The Labute approximate surface area is 240 Å². The summed E-state index contributed by atoms with van der Waals surface area (Å²) in [5.41, 5.74) is 0.858. The molecule has 0 spiro atoms. The van der Waals surface area contributed by atoms with Crippen LogP contribution in [0.4, 0.5) is 0 Å². The molecule has 1 N–H and O–H groups in total. The predicted molar refractivity (Wildman–Crippen MR) is 157 cm³/mol. The lowest BCUT2D eigenvalue weighted by atomic mass is 9.92. The Kier molecular flexibility index (Phi) is 8.30. The number of amides is 1. The Hall–Kier alpha value is -2.50. The first-order valence-electron chi connectivity index (χ1n) is 12.7. The van der Waals surface area contributed by atoms with E-state index in [0.717, 1.165) is 43.9 Å². The number of hydrogen-bond acceptors (Lipinski definition) is 7. The average Bonchev–Trinajstić information content (AvgIpc) is 3.59. The lowest BCUT2D eigenvalue weighted by molar-refractivity contribution is -0.131. The van der Waals surface area contributed by atoms with Crippen molar-refractivity contribution in [2.45, 2.75) is 36.2 Å². The zero-order valence-corrected chi connectivity index (χ0v) is 24.9. The molecule has 39 heavy (non-hydrogen) atoms. The van der Waals surface area contributed by atoms with Gasteiger partial charge in [-0.1, -0.05) is 29.8 Å². The van der Waals surface area contributed by atoms with Crippen molar-refractivity contribution in [2.75, 3.05) is 25.9 Å². The molecule has 0 aliphatic carbocycles. The molecule has 0 saturated carbocycles. The van der Waals surface area contributed by atoms with E-state index in [-0.39, 0.29) is 28.9 Å². The van der Waals surface area contributed by atoms with E-state index in [1.165, 1.54) is 11.3 Å². The summed E-state index contributed by atoms with van der Waals surface area (Å²) in [5.74, 6) is -0.186. The molecule has 2 aromatic carbocycles. The van der Waals surface area contributed by atoms with Crippen LogP contribution < -0.4 is 4.80 Å². The van der Waals surface area contributed by atoms with Gasteiger partial charge in [-0.15, -0.1) is 22.7 Å². The number of aliphatic hydroxyl groups excluding tert-OH is 1. The van der Waals surface area contributed by atoms with Gasteiger partial charge >= 0.3 is 0 Å². The van der Waals surface area contributed by atoms with Crippen LogP contribution in [0.25, 0.3) is 10.8 Å². The van der Waals surface area contributed by atoms with Crippen molar-refractivity contribution in [1.29, 1.82) is 0 Å². The van der Waals surface area contributed by atoms with Crippen molar-refractivity contribution in [1.82, 2.24) is 9.47 Å². The first kappa shape index (κ1) is 28.0. The number of fused-ring (bicyclic) bond motifs is 1. The van der Waals surface area contributed by atoms with E-state index in [9.17, 15) is 18.3 Å². The molecule has 7 nitrogen and oxygen atoms in total. The number of carbonyl (C=O) groups is 1. The number of thiophene rings is 1. The van der Waals surface area contributed by atoms with Gasteiger partial charge in [-0.2, -0.15) is 0 Å². The number of carbonyl (C=O) groups excluding carboxylic acids is 1. The van der Waals surface area contributed by atoms with E-state index in [4.69, 9.17) is 11.6 Å². The monoisotopic (exact) mass is 603 g/mol. The highest BCUT2D eigenvalue weighted by Crippen LogP contribution is 2.38. The van der Waals surface area contributed by atoms with Crippen LogP contribution in [-0.2, 0) is 21.7 Å². The van der Waals surface area contributed by atoms with Crippen LogP contribution in [0.3, 0.4) is 0 Å². The smallest absolute Gasteiger partial charge is 0.223 e. The molecule has 3 heterocycles. The minimum absolute atomic E-state index is 0.0547. The van der Waals surface area contributed by atoms with Crippen LogP contribution in [0, 0.1) is 0 Å². The summed E-state index contributed by atoms with van der Waals surface area (Å²) >= 11 is 9.14. The first-order chi connectivity index (χ1) is 18.7. The van der Waals surface area contributed by atoms with Crippen molar-refractivity contribution in [2.24, 2.45) is 12.0 Å². The molecular formula is C28H30ClN3O4S3. The molecule has 1 saturated heterocycles. The maximum Gasteiger partial charge on any atom is 0.223 e. The molecule has 0 radical (unpaired) electrons. The Morgan fingerprint density at radius 3 is 2.56 bits per heavy atom. The largest absolute Gasteiger partial charge is 0.381 e. The summed E-state index contributed by atoms with van der Waals surface area (Å²) in [4.78, 5) is 22.2. The highest BCUT2D eigenvalue weighted by atomic mass is 35.5. The summed E-state index contributed by atoms with van der Waals surface area (Å²) in [6.45, 7) is 1.10. The van der Waals surface area contributed by atoms with Crippen molar-refractivity contribution < 1.29 is 18.3 Å². The third-order valence-electron chi connectivity index (χ3n) is 7.30. The number of piperidine rings is 1. The van der Waals surface area contributed by atoms with Gasteiger partial charge in [0.25, 0.3) is 0 Å². The topological polar surface area (TPSA) is 92.0 Å². The lowest BCUT2D eigenvalue weighted by Gasteiger charge is -2.32. The van der Waals surface area contributed by atoms with Gasteiger partial charge in [-0.3, -0.25) is 9.79 Å². The summed E-state index contributed by atoms with van der Waals surface area (Å²) < 4.78 is 28.0. The standard InChI is InChI=1S/C28H30ClN3O4S3/c1-30-28-31(2)25(26(34)23-4-3-14-37-23)27(38-28)18-9-12-32(13-10-18)24(33)11-15-39(35,36)22-8-6-19-16-21(29)7-5-20(19)17-22/h3-8,14,16-18,26,34H,9-13,15H2,1-2H3. The second-order valence-electron chi connectivity index (χ2n) is 9.71. The first-order valence-corrected chi connectivity index (χ1v) is 16.4. The fourth-order valence-corrected chi connectivity index (χ4v) is 8.58. The summed E-state index contributed by atoms with van der Waals surface area (Å²) in [5, 5.41) is 15.4. The van der Waals surface area contributed by atoms with Crippen LogP contribution >= 0.6 is 34.3 Å². The average molecular weight is 604 g/mol. The normalized spacial score (nSPS) is 16.2.